The van der Waals surface area contributed by atoms with Crippen LogP contribution in [0.3, 0.4) is 0 Å². The first kappa shape index (κ1) is 11.2. The summed E-state index contributed by atoms with van der Waals surface area (Å²) in [5, 5.41) is 0. The summed E-state index contributed by atoms with van der Waals surface area (Å²) < 4.78 is 0. The van der Waals surface area contributed by atoms with Gasteiger partial charge in [0.15, 0.2) is 0 Å². The Kier molecular flexibility index (Phi) is 2.99. The standard InChI is InChI=1S/C14H19NO/c1-10-4-5-12(11(2)8-10)9-14(16)15(3)13-6-7-13/h4-5,8,13H,6-7,9H2,1-3H3. The molecule has 0 heterocycles. The molecule has 86 valence electrons. The second-order valence-corrected chi connectivity index (χ2v) is 4.84. The Balaban J connectivity index is 2.05. The van der Waals surface area contributed by atoms with E-state index in [0.29, 0.717) is 12.5 Å². The molecule has 2 rings (SSSR count). The summed E-state index contributed by atoms with van der Waals surface area (Å²) in [6.07, 6.45) is 2.89. The van der Waals surface area contributed by atoms with Crippen LogP contribution in [0.5, 0.6) is 0 Å². The second kappa shape index (κ2) is 4.28. The lowest BCUT2D eigenvalue weighted by molar-refractivity contribution is -0.129. The predicted molar refractivity (Wildman–Crippen MR) is 65.4 cm³/mol. The fraction of sp³-hybridized carbons (Fsp3) is 0.500. The number of carbonyl (C=O) groups is 1. The van der Waals surface area contributed by atoms with Crippen LogP contribution in [-0.2, 0) is 11.2 Å². The minimum atomic E-state index is 0.245. The van der Waals surface area contributed by atoms with Crippen molar-refractivity contribution in [2.45, 2.75) is 39.2 Å². The Hall–Kier alpha value is -1.31. The summed E-state index contributed by atoms with van der Waals surface area (Å²) in [6.45, 7) is 4.15. The van der Waals surface area contributed by atoms with E-state index >= 15 is 0 Å². The molecule has 0 radical (unpaired) electrons. The molecule has 0 aromatic heterocycles. The highest BCUT2D eigenvalue weighted by Crippen LogP contribution is 2.26. The average molecular weight is 217 g/mol. The molecule has 0 spiro atoms. The lowest BCUT2D eigenvalue weighted by Crippen LogP contribution is -2.30. The molecule has 16 heavy (non-hydrogen) atoms. The monoisotopic (exact) mass is 217 g/mol. The van der Waals surface area contributed by atoms with E-state index in [1.165, 1.54) is 24.0 Å². The number of nitrogens with zero attached hydrogens (tertiary/aromatic N) is 1. The molecule has 2 heteroatoms. The van der Waals surface area contributed by atoms with Gasteiger partial charge in [0.05, 0.1) is 6.42 Å². The van der Waals surface area contributed by atoms with Gasteiger partial charge in [-0.15, -0.1) is 0 Å². The molecule has 1 amide bonds. The summed E-state index contributed by atoms with van der Waals surface area (Å²) in [6, 6.07) is 6.80. The van der Waals surface area contributed by atoms with Gasteiger partial charge in [-0.2, -0.15) is 0 Å². The van der Waals surface area contributed by atoms with Gasteiger partial charge in [0, 0.05) is 13.1 Å². The van der Waals surface area contributed by atoms with Crippen molar-refractivity contribution in [2.75, 3.05) is 7.05 Å². The van der Waals surface area contributed by atoms with Crippen molar-refractivity contribution >= 4 is 5.91 Å². The number of amides is 1. The van der Waals surface area contributed by atoms with Crippen molar-refractivity contribution in [3.05, 3.63) is 34.9 Å². The van der Waals surface area contributed by atoms with Crippen LogP contribution in [0.15, 0.2) is 18.2 Å². The van der Waals surface area contributed by atoms with Crippen LogP contribution in [-0.4, -0.2) is 23.9 Å². The normalized spacial score (nSPS) is 14.9. The first-order chi connectivity index (χ1) is 7.58. The number of likely N-dealkylation sites (N-methyl/N-ethyl adjacent to an activating group) is 1. The van der Waals surface area contributed by atoms with E-state index in [1.807, 2.05) is 11.9 Å². The Morgan fingerprint density at radius 3 is 2.62 bits per heavy atom. The third-order valence-electron chi connectivity index (χ3n) is 3.33. The van der Waals surface area contributed by atoms with Crippen LogP contribution < -0.4 is 0 Å². The summed E-state index contributed by atoms with van der Waals surface area (Å²) >= 11 is 0. The van der Waals surface area contributed by atoms with Gasteiger partial charge in [0.2, 0.25) is 5.91 Å². The number of benzene rings is 1. The van der Waals surface area contributed by atoms with Crippen molar-refractivity contribution in [1.29, 1.82) is 0 Å². The van der Waals surface area contributed by atoms with Gasteiger partial charge in [-0.3, -0.25) is 4.79 Å². The van der Waals surface area contributed by atoms with Gasteiger partial charge >= 0.3 is 0 Å². The zero-order chi connectivity index (χ0) is 11.7. The summed E-state index contributed by atoms with van der Waals surface area (Å²) in [5.41, 5.74) is 3.63. The maximum Gasteiger partial charge on any atom is 0.226 e. The molecule has 2 nitrogen and oxygen atoms in total. The van der Waals surface area contributed by atoms with E-state index in [0.717, 1.165) is 5.56 Å². The average Bonchev–Trinajstić information content (AvgIpc) is 3.04. The smallest absolute Gasteiger partial charge is 0.226 e. The number of carbonyl (C=O) groups excluding carboxylic acids is 1. The Bertz CT molecular complexity index is 407. The van der Waals surface area contributed by atoms with Gasteiger partial charge in [-0.05, 0) is 37.8 Å². The topological polar surface area (TPSA) is 20.3 Å². The lowest BCUT2D eigenvalue weighted by atomic mass is 10.0. The zero-order valence-corrected chi connectivity index (χ0v) is 10.3. The molecular formula is C14H19NO. The highest BCUT2D eigenvalue weighted by atomic mass is 16.2. The molecule has 0 bridgehead atoms. The number of hydrogen-bond acceptors (Lipinski definition) is 1. The van der Waals surface area contributed by atoms with Crippen LogP contribution in [0.25, 0.3) is 0 Å². The molecule has 0 unspecified atom stereocenters. The lowest BCUT2D eigenvalue weighted by Gasteiger charge is -2.17. The van der Waals surface area contributed by atoms with Gasteiger partial charge < -0.3 is 4.90 Å². The van der Waals surface area contributed by atoms with E-state index in [1.54, 1.807) is 0 Å². The van der Waals surface area contributed by atoms with E-state index in [-0.39, 0.29) is 5.91 Å². The molecule has 1 aliphatic rings. The molecule has 1 aromatic carbocycles. The van der Waals surface area contributed by atoms with Crippen molar-refractivity contribution in [3.8, 4) is 0 Å². The van der Waals surface area contributed by atoms with Crippen molar-refractivity contribution in [2.24, 2.45) is 0 Å². The summed E-state index contributed by atoms with van der Waals surface area (Å²) in [4.78, 5) is 13.9. The highest BCUT2D eigenvalue weighted by Gasteiger charge is 2.29. The fourth-order valence-corrected chi connectivity index (χ4v) is 2.00. The Labute approximate surface area is 97.3 Å². The second-order valence-electron chi connectivity index (χ2n) is 4.84. The van der Waals surface area contributed by atoms with Gasteiger partial charge in [0.1, 0.15) is 0 Å². The zero-order valence-electron chi connectivity index (χ0n) is 10.3. The molecule has 0 N–H and O–H groups in total. The SMILES string of the molecule is Cc1ccc(CC(=O)N(C)C2CC2)c(C)c1. The van der Waals surface area contributed by atoms with E-state index in [9.17, 15) is 4.79 Å². The maximum atomic E-state index is 12.0. The fourth-order valence-electron chi connectivity index (χ4n) is 2.00. The van der Waals surface area contributed by atoms with E-state index in [2.05, 4.69) is 32.0 Å². The summed E-state index contributed by atoms with van der Waals surface area (Å²) in [7, 11) is 1.92. The molecule has 1 fully saturated rings. The summed E-state index contributed by atoms with van der Waals surface area (Å²) in [5.74, 6) is 0.245. The molecule has 1 aliphatic carbocycles. The Morgan fingerprint density at radius 1 is 1.38 bits per heavy atom. The Morgan fingerprint density at radius 2 is 2.06 bits per heavy atom. The molecule has 0 saturated heterocycles. The van der Waals surface area contributed by atoms with Crippen molar-refractivity contribution in [3.63, 3.8) is 0 Å². The van der Waals surface area contributed by atoms with Gasteiger partial charge in [-0.1, -0.05) is 23.8 Å². The predicted octanol–water partition coefficient (Wildman–Crippen LogP) is 2.47. The van der Waals surface area contributed by atoms with Crippen LogP contribution in [0.2, 0.25) is 0 Å². The quantitative estimate of drug-likeness (QED) is 0.761. The number of hydrogen-bond donors (Lipinski definition) is 0. The van der Waals surface area contributed by atoms with E-state index in [4.69, 9.17) is 0 Å². The number of rotatable bonds is 3. The molecule has 1 saturated carbocycles. The molecule has 0 aliphatic heterocycles. The van der Waals surface area contributed by atoms with E-state index < -0.39 is 0 Å². The third-order valence-corrected chi connectivity index (χ3v) is 3.33. The third kappa shape index (κ3) is 2.43. The van der Waals surface area contributed by atoms with Crippen molar-refractivity contribution in [1.82, 2.24) is 4.90 Å². The van der Waals surface area contributed by atoms with Crippen LogP contribution in [0.4, 0.5) is 0 Å². The highest BCUT2D eigenvalue weighted by molar-refractivity contribution is 5.79. The minimum absolute atomic E-state index is 0.245. The van der Waals surface area contributed by atoms with Crippen LogP contribution in [0, 0.1) is 13.8 Å². The number of aryl methyl sites for hydroxylation is 2. The minimum Gasteiger partial charge on any atom is -0.342 e. The first-order valence-corrected chi connectivity index (χ1v) is 5.89. The van der Waals surface area contributed by atoms with Gasteiger partial charge in [0.25, 0.3) is 0 Å². The largest absolute Gasteiger partial charge is 0.342 e. The molecular weight excluding hydrogens is 198 g/mol. The molecule has 0 atom stereocenters. The van der Waals surface area contributed by atoms with Crippen molar-refractivity contribution < 1.29 is 4.79 Å². The molecule has 1 aromatic rings. The maximum absolute atomic E-state index is 12.0. The van der Waals surface area contributed by atoms with Crippen LogP contribution >= 0.6 is 0 Å². The van der Waals surface area contributed by atoms with Gasteiger partial charge in [-0.25, -0.2) is 0 Å². The first-order valence-electron chi connectivity index (χ1n) is 5.89. The van der Waals surface area contributed by atoms with Crippen LogP contribution in [0.1, 0.15) is 29.5 Å².